The van der Waals surface area contributed by atoms with E-state index in [4.69, 9.17) is 27.9 Å². The van der Waals surface area contributed by atoms with Crippen LogP contribution in [0.1, 0.15) is 18.9 Å². The molecule has 20 heavy (non-hydrogen) atoms. The normalized spacial score (nSPS) is 10.6. The van der Waals surface area contributed by atoms with Gasteiger partial charge in [0.15, 0.2) is 0 Å². The van der Waals surface area contributed by atoms with Crippen LogP contribution in [-0.2, 0) is 6.54 Å². The lowest BCUT2D eigenvalue weighted by Gasteiger charge is -2.09. The Morgan fingerprint density at radius 2 is 2.05 bits per heavy atom. The van der Waals surface area contributed by atoms with Crippen molar-refractivity contribution in [3.05, 3.63) is 52.3 Å². The zero-order valence-electron chi connectivity index (χ0n) is 11.2. The second kappa shape index (κ2) is 7.48. The van der Waals surface area contributed by atoms with Gasteiger partial charge in [-0.25, -0.2) is 0 Å². The summed E-state index contributed by atoms with van der Waals surface area (Å²) in [6.45, 7) is 3.92. The monoisotopic (exact) mass is 310 g/mol. The molecule has 1 N–H and O–H groups in total. The van der Waals surface area contributed by atoms with E-state index < -0.39 is 0 Å². The van der Waals surface area contributed by atoms with E-state index in [1.807, 2.05) is 18.2 Å². The third-order valence-corrected chi connectivity index (χ3v) is 3.16. The third kappa shape index (κ3) is 4.37. The number of nitrogens with zero attached hydrogens (tertiary/aromatic N) is 1. The van der Waals surface area contributed by atoms with Gasteiger partial charge in [0.2, 0.25) is 0 Å². The van der Waals surface area contributed by atoms with Gasteiger partial charge in [0.05, 0.1) is 16.2 Å². The molecule has 0 aliphatic heterocycles. The first kappa shape index (κ1) is 15.1. The number of hydrogen-bond donors (Lipinski definition) is 1. The molecule has 3 nitrogen and oxygen atoms in total. The number of benzene rings is 1. The van der Waals surface area contributed by atoms with Crippen LogP contribution in [0.4, 0.5) is 0 Å². The number of hydrogen-bond acceptors (Lipinski definition) is 3. The summed E-state index contributed by atoms with van der Waals surface area (Å²) in [6, 6.07) is 7.44. The minimum atomic E-state index is 0.527. The van der Waals surface area contributed by atoms with E-state index in [2.05, 4.69) is 17.2 Å². The number of halogens is 2. The van der Waals surface area contributed by atoms with E-state index in [9.17, 15) is 0 Å². The van der Waals surface area contributed by atoms with Crippen LogP contribution in [0.25, 0.3) is 0 Å². The Morgan fingerprint density at radius 1 is 1.20 bits per heavy atom. The van der Waals surface area contributed by atoms with Gasteiger partial charge in [-0.05, 0) is 30.7 Å². The summed E-state index contributed by atoms with van der Waals surface area (Å²) in [5.41, 5.74) is 1.13. The summed E-state index contributed by atoms with van der Waals surface area (Å²) in [6.07, 6.45) is 4.26. The molecular weight excluding hydrogens is 295 g/mol. The van der Waals surface area contributed by atoms with Crippen molar-refractivity contribution in [1.29, 1.82) is 0 Å². The Labute approximate surface area is 128 Å². The second-order valence-corrected chi connectivity index (χ2v) is 5.23. The van der Waals surface area contributed by atoms with E-state index in [1.165, 1.54) is 0 Å². The standard InChI is InChI=1S/C15H16Cl2N2O/c1-2-5-18-8-11-3-4-15(14(17)6-11)20-13-7-12(16)9-19-10-13/h3-4,6-7,9-10,18H,2,5,8H2,1H3. The van der Waals surface area contributed by atoms with E-state index in [1.54, 1.807) is 18.5 Å². The quantitative estimate of drug-likeness (QED) is 0.787. The zero-order valence-corrected chi connectivity index (χ0v) is 12.7. The van der Waals surface area contributed by atoms with Crippen LogP contribution in [0.3, 0.4) is 0 Å². The Balaban J connectivity index is 2.06. The number of ether oxygens (including phenoxy) is 1. The molecule has 0 amide bonds. The lowest BCUT2D eigenvalue weighted by molar-refractivity contribution is 0.480. The summed E-state index contributed by atoms with van der Waals surface area (Å²) in [5, 5.41) is 4.43. The maximum atomic E-state index is 6.23. The summed E-state index contributed by atoms with van der Waals surface area (Å²) < 4.78 is 5.67. The first-order valence-corrected chi connectivity index (χ1v) is 7.22. The third-order valence-electron chi connectivity index (χ3n) is 2.66. The SMILES string of the molecule is CCCNCc1ccc(Oc2cncc(Cl)c2)c(Cl)c1. The number of pyridine rings is 1. The summed E-state index contributed by atoms with van der Waals surface area (Å²) in [4.78, 5) is 3.97. The van der Waals surface area contributed by atoms with Gasteiger partial charge in [-0.2, -0.15) is 0 Å². The fourth-order valence-electron chi connectivity index (χ4n) is 1.72. The van der Waals surface area contributed by atoms with Crippen molar-refractivity contribution >= 4 is 23.2 Å². The van der Waals surface area contributed by atoms with Crippen molar-refractivity contribution in [2.45, 2.75) is 19.9 Å². The average molecular weight is 311 g/mol. The molecule has 0 saturated heterocycles. The van der Waals surface area contributed by atoms with Crippen molar-refractivity contribution in [3.8, 4) is 11.5 Å². The van der Waals surface area contributed by atoms with Gasteiger partial charge in [0.25, 0.3) is 0 Å². The molecule has 2 aromatic rings. The second-order valence-electron chi connectivity index (χ2n) is 4.38. The number of rotatable bonds is 6. The van der Waals surface area contributed by atoms with Gasteiger partial charge < -0.3 is 10.1 Å². The molecule has 0 saturated carbocycles. The van der Waals surface area contributed by atoms with Crippen LogP contribution in [0, 0.1) is 0 Å². The minimum Gasteiger partial charge on any atom is -0.454 e. The predicted molar refractivity (Wildman–Crippen MR) is 82.8 cm³/mol. The first-order valence-electron chi connectivity index (χ1n) is 6.46. The van der Waals surface area contributed by atoms with Crippen molar-refractivity contribution < 1.29 is 4.74 Å². The first-order chi connectivity index (χ1) is 9.69. The highest BCUT2D eigenvalue weighted by atomic mass is 35.5. The van der Waals surface area contributed by atoms with Crippen LogP contribution in [0.5, 0.6) is 11.5 Å². The van der Waals surface area contributed by atoms with Gasteiger partial charge in [-0.3, -0.25) is 4.98 Å². The molecule has 0 spiro atoms. The predicted octanol–water partition coefficient (Wildman–Crippen LogP) is 4.68. The average Bonchev–Trinajstić information content (AvgIpc) is 2.42. The maximum Gasteiger partial charge on any atom is 0.147 e. The van der Waals surface area contributed by atoms with E-state index >= 15 is 0 Å². The van der Waals surface area contributed by atoms with E-state index in [0.717, 1.165) is 25.1 Å². The van der Waals surface area contributed by atoms with Crippen LogP contribution < -0.4 is 10.1 Å². The van der Waals surface area contributed by atoms with Gasteiger partial charge in [-0.15, -0.1) is 0 Å². The minimum absolute atomic E-state index is 0.527. The Bertz CT molecular complexity index is 576. The van der Waals surface area contributed by atoms with Crippen molar-refractivity contribution in [2.75, 3.05) is 6.54 Å². The molecule has 0 radical (unpaired) electrons. The Morgan fingerprint density at radius 3 is 2.75 bits per heavy atom. The number of nitrogens with one attached hydrogen (secondary N) is 1. The van der Waals surface area contributed by atoms with Crippen LogP contribution >= 0.6 is 23.2 Å². The summed E-state index contributed by atoms with van der Waals surface area (Å²) in [7, 11) is 0. The molecule has 0 unspecified atom stereocenters. The van der Waals surface area contributed by atoms with E-state index in [0.29, 0.717) is 21.5 Å². The largest absolute Gasteiger partial charge is 0.454 e. The van der Waals surface area contributed by atoms with Gasteiger partial charge in [-0.1, -0.05) is 36.2 Å². The van der Waals surface area contributed by atoms with Gasteiger partial charge >= 0.3 is 0 Å². The lowest BCUT2D eigenvalue weighted by Crippen LogP contribution is -2.13. The molecule has 5 heteroatoms. The molecule has 1 aromatic carbocycles. The highest BCUT2D eigenvalue weighted by molar-refractivity contribution is 6.32. The molecule has 1 heterocycles. The molecule has 0 atom stereocenters. The molecular formula is C15H16Cl2N2O. The highest BCUT2D eigenvalue weighted by Crippen LogP contribution is 2.30. The molecule has 0 aliphatic rings. The van der Waals surface area contributed by atoms with Gasteiger partial charge in [0, 0.05) is 18.8 Å². The molecule has 2 rings (SSSR count). The Kier molecular flexibility index (Phi) is 5.65. The summed E-state index contributed by atoms with van der Waals surface area (Å²) in [5.74, 6) is 1.16. The van der Waals surface area contributed by atoms with Crippen molar-refractivity contribution in [3.63, 3.8) is 0 Å². The molecule has 0 bridgehead atoms. The zero-order chi connectivity index (χ0) is 14.4. The maximum absolute atomic E-state index is 6.23. The van der Waals surface area contributed by atoms with Gasteiger partial charge in [0.1, 0.15) is 11.5 Å². The molecule has 106 valence electrons. The lowest BCUT2D eigenvalue weighted by atomic mass is 10.2. The molecule has 0 fully saturated rings. The fourth-order valence-corrected chi connectivity index (χ4v) is 2.13. The fraction of sp³-hybridized carbons (Fsp3) is 0.267. The van der Waals surface area contributed by atoms with Crippen molar-refractivity contribution in [2.24, 2.45) is 0 Å². The van der Waals surface area contributed by atoms with Crippen LogP contribution in [0.2, 0.25) is 10.0 Å². The van der Waals surface area contributed by atoms with Crippen molar-refractivity contribution in [1.82, 2.24) is 10.3 Å². The van der Waals surface area contributed by atoms with Crippen LogP contribution in [0.15, 0.2) is 36.7 Å². The van der Waals surface area contributed by atoms with Crippen LogP contribution in [-0.4, -0.2) is 11.5 Å². The molecule has 1 aromatic heterocycles. The Hall–Kier alpha value is -1.29. The van der Waals surface area contributed by atoms with E-state index in [-0.39, 0.29) is 0 Å². The molecule has 0 aliphatic carbocycles. The highest BCUT2D eigenvalue weighted by Gasteiger charge is 2.05. The summed E-state index contributed by atoms with van der Waals surface area (Å²) >= 11 is 12.1. The smallest absolute Gasteiger partial charge is 0.147 e. The number of aromatic nitrogens is 1. The topological polar surface area (TPSA) is 34.1 Å².